The molecular formula is C23H20N5O5S+. The average molecular weight is 479 g/mol. The van der Waals surface area contributed by atoms with Gasteiger partial charge in [0.25, 0.3) is 12.1 Å². The number of ether oxygens (including phenoxy) is 2. The van der Waals surface area contributed by atoms with E-state index < -0.39 is 0 Å². The van der Waals surface area contributed by atoms with Gasteiger partial charge in [0.05, 0.1) is 11.4 Å². The second-order valence-corrected chi connectivity index (χ2v) is 8.21. The van der Waals surface area contributed by atoms with Crippen molar-refractivity contribution in [2.75, 3.05) is 22.8 Å². The number of anilines is 2. The number of rotatable bonds is 6. The van der Waals surface area contributed by atoms with Crippen LogP contribution in [0.3, 0.4) is 0 Å². The molecule has 1 N–H and O–H groups in total. The van der Waals surface area contributed by atoms with Crippen molar-refractivity contribution in [3.63, 3.8) is 0 Å². The summed E-state index contributed by atoms with van der Waals surface area (Å²) in [6.45, 7) is 2.70. The van der Waals surface area contributed by atoms with Gasteiger partial charge in [-0.1, -0.05) is 40.7 Å². The average Bonchev–Trinajstić information content (AvgIpc) is 3.57. The number of aliphatic imine (C=N–C) groups is 1. The Kier molecular flexibility index (Phi) is 6.00. The highest BCUT2D eigenvalue weighted by molar-refractivity contribution is 8.14. The summed E-state index contributed by atoms with van der Waals surface area (Å²) in [4.78, 5) is 31.8. The third-order valence-corrected chi connectivity index (χ3v) is 5.91. The molecule has 2 amide bonds. The summed E-state index contributed by atoms with van der Waals surface area (Å²) in [7, 11) is 0. The summed E-state index contributed by atoms with van der Waals surface area (Å²) < 4.78 is 17.4. The monoisotopic (exact) mass is 478 g/mol. The van der Waals surface area contributed by atoms with E-state index in [1.165, 1.54) is 4.90 Å². The van der Waals surface area contributed by atoms with E-state index in [4.69, 9.17) is 14.0 Å². The van der Waals surface area contributed by atoms with Gasteiger partial charge in [0.15, 0.2) is 23.2 Å². The number of benzene rings is 2. The number of amides is 2. The first-order valence-corrected chi connectivity index (χ1v) is 11.5. The highest BCUT2D eigenvalue weighted by Gasteiger charge is 2.32. The van der Waals surface area contributed by atoms with Crippen LogP contribution >= 0.6 is 11.8 Å². The van der Waals surface area contributed by atoms with Crippen LogP contribution in [0.4, 0.5) is 11.6 Å². The normalized spacial score (nSPS) is 15.7. The van der Waals surface area contributed by atoms with Gasteiger partial charge in [0, 0.05) is 0 Å². The van der Waals surface area contributed by atoms with Crippen LogP contribution in [-0.4, -0.2) is 34.8 Å². The molecule has 2 aliphatic heterocycles. The van der Waals surface area contributed by atoms with Crippen molar-refractivity contribution in [1.82, 2.24) is 5.27 Å². The number of carbonyl (C=O) groups excluding carboxylic acids is 2. The van der Waals surface area contributed by atoms with Crippen molar-refractivity contribution >= 4 is 46.4 Å². The van der Waals surface area contributed by atoms with Crippen molar-refractivity contribution in [3.05, 3.63) is 66.0 Å². The fourth-order valence-corrected chi connectivity index (χ4v) is 4.16. The maximum Gasteiger partial charge on any atom is 0.302 e. The predicted octanol–water partition coefficient (Wildman–Crippen LogP) is 2.83. The molecule has 0 unspecified atom stereocenters. The van der Waals surface area contributed by atoms with Crippen LogP contribution < -0.4 is 24.4 Å². The largest absolute Gasteiger partial charge is 0.454 e. The summed E-state index contributed by atoms with van der Waals surface area (Å²) in [5, 5.41) is 6.83. The Bertz CT molecular complexity index is 1300. The smallest absolute Gasteiger partial charge is 0.302 e. The highest BCUT2D eigenvalue weighted by Crippen LogP contribution is 2.34. The molecule has 2 aromatic carbocycles. The molecule has 0 spiro atoms. The number of aromatic nitrogens is 2. The fraction of sp³-hybridized carbons (Fsp3) is 0.174. The molecule has 34 heavy (non-hydrogen) atoms. The predicted molar refractivity (Wildman–Crippen MR) is 125 cm³/mol. The van der Waals surface area contributed by atoms with E-state index in [1.54, 1.807) is 29.1 Å². The second kappa shape index (κ2) is 9.40. The van der Waals surface area contributed by atoms with Gasteiger partial charge in [-0.3, -0.25) is 24.3 Å². The van der Waals surface area contributed by atoms with Gasteiger partial charge in [0.1, 0.15) is 5.70 Å². The Morgan fingerprint density at radius 1 is 1.21 bits per heavy atom. The molecular weight excluding hydrogens is 458 g/mol. The fourth-order valence-electron chi connectivity index (χ4n) is 3.35. The molecule has 5 rings (SSSR count). The lowest BCUT2D eigenvalue weighted by Gasteiger charge is -2.17. The highest BCUT2D eigenvalue weighted by atomic mass is 32.2. The van der Waals surface area contributed by atoms with E-state index >= 15 is 0 Å². The SMILES string of the molecule is CC[n+]1cc(NC(=O)CSC2=N/C(=C/c3ccc4c(c3)OCO4)C(=O)N2c2ccccc2)on1. The summed E-state index contributed by atoms with van der Waals surface area (Å²) in [6, 6.07) is 14.6. The maximum atomic E-state index is 13.3. The molecule has 1 aromatic heterocycles. The molecule has 0 radical (unpaired) electrons. The van der Waals surface area contributed by atoms with Gasteiger partial charge in [-0.2, -0.15) is 0 Å². The minimum atomic E-state index is -0.305. The Morgan fingerprint density at radius 3 is 2.82 bits per heavy atom. The topological polar surface area (TPSA) is 110 Å². The van der Waals surface area contributed by atoms with Crippen LogP contribution in [0.1, 0.15) is 12.5 Å². The number of hydrogen-bond donors (Lipinski definition) is 1. The summed E-state index contributed by atoms with van der Waals surface area (Å²) in [5.74, 6) is 0.964. The van der Waals surface area contributed by atoms with Crippen LogP contribution in [0.25, 0.3) is 6.08 Å². The summed E-state index contributed by atoms with van der Waals surface area (Å²) in [5.41, 5.74) is 1.67. The minimum absolute atomic E-state index is 0.0274. The van der Waals surface area contributed by atoms with Crippen molar-refractivity contribution in [3.8, 4) is 11.5 Å². The number of nitrogens with zero attached hydrogens (tertiary/aromatic N) is 4. The molecule has 0 saturated carbocycles. The third kappa shape index (κ3) is 4.50. The van der Waals surface area contributed by atoms with Gasteiger partial charge in [-0.05, 0) is 42.8 Å². The number of carbonyl (C=O) groups is 2. The Hall–Kier alpha value is -4.12. The Morgan fingerprint density at radius 2 is 2.03 bits per heavy atom. The van der Waals surface area contributed by atoms with Crippen LogP contribution in [0.5, 0.6) is 11.5 Å². The third-order valence-electron chi connectivity index (χ3n) is 4.97. The van der Waals surface area contributed by atoms with E-state index in [-0.39, 0.29) is 35.9 Å². The molecule has 0 saturated heterocycles. The van der Waals surface area contributed by atoms with Gasteiger partial charge in [0.2, 0.25) is 18.0 Å². The number of hydrogen-bond acceptors (Lipinski definition) is 8. The molecule has 3 heterocycles. The number of aryl methyl sites for hydroxylation is 1. The molecule has 10 nitrogen and oxygen atoms in total. The summed E-state index contributed by atoms with van der Waals surface area (Å²) in [6.07, 6.45) is 3.29. The van der Waals surface area contributed by atoms with Crippen molar-refractivity contribution in [1.29, 1.82) is 0 Å². The van der Waals surface area contributed by atoms with E-state index in [0.29, 0.717) is 28.9 Å². The molecule has 0 fully saturated rings. The maximum absolute atomic E-state index is 13.3. The first-order valence-electron chi connectivity index (χ1n) is 10.5. The lowest BCUT2D eigenvalue weighted by molar-refractivity contribution is -0.759. The first-order chi connectivity index (χ1) is 16.6. The van der Waals surface area contributed by atoms with E-state index in [2.05, 4.69) is 15.6 Å². The summed E-state index contributed by atoms with van der Waals surface area (Å²) >= 11 is 1.15. The van der Waals surface area contributed by atoms with Crippen molar-refractivity contribution < 1.29 is 28.3 Å². The zero-order chi connectivity index (χ0) is 23.5. The van der Waals surface area contributed by atoms with Crippen LogP contribution in [0.2, 0.25) is 0 Å². The molecule has 2 aliphatic rings. The van der Waals surface area contributed by atoms with Gasteiger partial charge in [-0.15, -0.1) is 0 Å². The molecule has 0 atom stereocenters. The van der Waals surface area contributed by atoms with Crippen molar-refractivity contribution in [2.45, 2.75) is 13.5 Å². The Labute approximate surface area is 198 Å². The molecule has 0 bridgehead atoms. The molecule has 3 aromatic rings. The van der Waals surface area contributed by atoms with Crippen LogP contribution in [0, 0.1) is 0 Å². The number of amidine groups is 1. The van der Waals surface area contributed by atoms with Crippen molar-refractivity contribution in [2.24, 2.45) is 4.99 Å². The van der Waals surface area contributed by atoms with Gasteiger partial charge >= 0.3 is 5.88 Å². The number of fused-ring (bicyclic) bond motifs is 1. The zero-order valence-electron chi connectivity index (χ0n) is 18.1. The van der Waals surface area contributed by atoms with Gasteiger partial charge < -0.3 is 9.47 Å². The van der Waals surface area contributed by atoms with E-state index in [1.807, 2.05) is 43.3 Å². The minimum Gasteiger partial charge on any atom is -0.454 e. The van der Waals surface area contributed by atoms with E-state index in [9.17, 15) is 9.59 Å². The molecule has 172 valence electrons. The van der Waals surface area contributed by atoms with E-state index in [0.717, 1.165) is 17.3 Å². The standard InChI is InChI=1S/C23H19N5O5S/c1-2-27-12-21(33-26-27)25-20(29)13-34-23-24-17(22(30)28(23)16-6-4-3-5-7-16)10-15-8-9-18-19(11-15)32-14-31-18/h3-12H,2,13-14H2,1H3/p+1/b17-10+. The first kappa shape index (κ1) is 21.7. The second-order valence-electron chi connectivity index (χ2n) is 7.27. The van der Waals surface area contributed by atoms with Crippen LogP contribution in [-0.2, 0) is 16.1 Å². The lowest BCUT2D eigenvalue weighted by atomic mass is 10.1. The van der Waals surface area contributed by atoms with Crippen LogP contribution in [0.15, 0.2) is 69.9 Å². The van der Waals surface area contributed by atoms with Gasteiger partial charge in [-0.25, -0.2) is 4.99 Å². The quantitative estimate of drug-likeness (QED) is 0.428. The number of para-hydroxylation sites is 1. The molecule has 11 heteroatoms. The molecule has 0 aliphatic carbocycles. The zero-order valence-corrected chi connectivity index (χ0v) is 18.9. The number of thioether (sulfide) groups is 1. The lowest BCUT2D eigenvalue weighted by Crippen LogP contribution is -2.33. The number of nitrogens with one attached hydrogen (secondary N) is 1. The Balaban J connectivity index is 1.36.